The zero-order valence-electron chi connectivity index (χ0n) is 16.3. The smallest absolute Gasteiger partial charge is 0.338 e. The zero-order chi connectivity index (χ0) is 22.3. The summed E-state index contributed by atoms with van der Waals surface area (Å²) in [7, 11) is 1.09. The van der Waals surface area contributed by atoms with Crippen LogP contribution in [0.2, 0.25) is 0 Å². The molecule has 9 nitrogen and oxygen atoms in total. The van der Waals surface area contributed by atoms with Gasteiger partial charge in [-0.15, -0.1) is 0 Å². The van der Waals surface area contributed by atoms with Crippen molar-refractivity contribution in [3.63, 3.8) is 0 Å². The molecular formula is C20H19FN2O7. The van der Waals surface area contributed by atoms with Crippen LogP contribution in [0.4, 0.5) is 10.1 Å². The third kappa shape index (κ3) is 5.84. The van der Waals surface area contributed by atoms with Crippen LogP contribution in [-0.4, -0.2) is 47.9 Å². The van der Waals surface area contributed by atoms with Gasteiger partial charge in [0.15, 0.2) is 6.61 Å². The summed E-state index contributed by atoms with van der Waals surface area (Å²) in [4.78, 5) is 48.0. The highest BCUT2D eigenvalue weighted by molar-refractivity contribution is 5.97. The van der Waals surface area contributed by atoms with E-state index in [1.54, 1.807) is 13.0 Å². The van der Waals surface area contributed by atoms with Gasteiger partial charge >= 0.3 is 11.9 Å². The van der Waals surface area contributed by atoms with E-state index < -0.39 is 40.9 Å². The van der Waals surface area contributed by atoms with Crippen molar-refractivity contribution in [3.8, 4) is 0 Å². The Hall–Kier alpha value is -3.82. The highest BCUT2D eigenvalue weighted by atomic mass is 19.1. The van der Waals surface area contributed by atoms with Gasteiger partial charge in [0, 0.05) is 25.2 Å². The summed E-state index contributed by atoms with van der Waals surface area (Å²) in [5.41, 5.74) is -0.410. The van der Waals surface area contributed by atoms with Gasteiger partial charge in [-0.05, 0) is 30.7 Å². The second-order valence-corrected chi connectivity index (χ2v) is 6.13. The number of ether oxygens (including phenoxy) is 2. The van der Waals surface area contributed by atoms with Crippen LogP contribution in [0.3, 0.4) is 0 Å². The number of halogens is 1. The molecule has 0 radical (unpaired) electrons. The second-order valence-electron chi connectivity index (χ2n) is 6.13. The fourth-order valence-corrected chi connectivity index (χ4v) is 2.60. The van der Waals surface area contributed by atoms with Crippen LogP contribution in [0, 0.1) is 15.9 Å². The van der Waals surface area contributed by atoms with Gasteiger partial charge in [-0.1, -0.05) is 12.1 Å². The molecule has 0 aliphatic rings. The van der Waals surface area contributed by atoms with E-state index in [1.807, 2.05) is 0 Å². The summed E-state index contributed by atoms with van der Waals surface area (Å²) >= 11 is 0. The summed E-state index contributed by atoms with van der Waals surface area (Å²) in [6, 6.07) is 8.72. The second kappa shape index (κ2) is 10.1. The van der Waals surface area contributed by atoms with Crippen molar-refractivity contribution in [2.24, 2.45) is 0 Å². The van der Waals surface area contributed by atoms with Gasteiger partial charge < -0.3 is 14.4 Å². The molecule has 0 aromatic heterocycles. The van der Waals surface area contributed by atoms with Crippen LogP contribution in [0.15, 0.2) is 42.5 Å². The number of amides is 1. The first-order valence-corrected chi connectivity index (χ1v) is 8.82. The monoisotopic (exact) mass is 418 g/mol. The number of carbonyl (C=O) groups excluding carboxylic acids is 3. The number of carbonyl (C=O) groups is 3. The first-order valence-electron chi connectivity index (χ1n) is 8.82. The molecule has 0 aliphatic carbocycles. The summed E-state index contributed by atoms with van der Waals surface area (Å²) in [5, 5.41) is 11.0. The van der Waals surface area contributed by atoms with Crippen LogP contribution in [0.25, 0.3) is 0 Å². The Balaban J connectivity index is 2.09. The van der Waals surface area contributed by atoms with Crippen LogP contribution in [0.1, 0.15) is 33.2 Å². The Bertz CT molecular complexity index is 977. The highest BCUT2D eigenvalue weighted by Gasteiger charge is 2.21. The maximum atomic E-state index is 13.3. The van der Waals surface area contributed by atoms with Crippen molar-refractivity contribution in [1.29, 1.82) is 0 Å². The molecule has 2 aromatic rings. The van der Waals surface area contributed by atoms with E-state index >= 15 is 0 Å². The molecule has 158 valence electrons. The highest BCUT2D eigenvalue weighted by Crippen LogP contribution is 2.19. The molecule has 0 spiro atoms. The van der Waals surface area contributed by atoms with E-state index in [9.17, 15) is 28.9 Å². The van der Waals surface area contributed by atoms with E-state index in [-0.39, 0.29) is 24.2 Å². The Morgan fingerprint density at radius 2 is 1.77 bits per heavy atom. The Morgan fingerprint density at radius 1 is 1.10 bits per heavy atom. The van der Waals surface area contributed by atoms with Crippen LogP contribution < -0.4 is 0 Å². The molecule has 0 N–H and O–H groups in total. The quantitative estimate of drug-likeness (QED) is 0.368. The van der Waals surface area contributed by atoms with Gasteiger partial charge in [-0.2, -0.15) is 0 Å². The van der Waals surface area contributed by atoms with Crippen molar-refractivity contribution < 1.29 is 33.2 Å². The molecule has 0 atom stereocenters. The van der Waals surface area contributed by atoms with Gasteiger partial charge in [-0.3, -0.25) is 14.9 Å². The third-order valence-electron chi connectivity index (χ3n) is 4.11. The maximum absolute atomic E-state index is 13.3. The number of hydrogen-bond donors (Lipinski definition) is 0. The zero-order valence-corrected chi connectivity index (χ0v) is 16.3. The molecule has 10 heteroatoms. The van der Waals surface area contributed by atoms with Gasteiger partial charge in [0.05, 0.1) is 23.2 Å². The molecule has 2 aromatic carbocycles. The number of hydrogen-bond acceptors (Lipinski definition) is 7. The van der Waals surface area contributed by atoms with E-state index in [4.69, 9.17) is 4.74 Å². The molecule has 0 heterocycles. The molecular weight excluding hydrogens is 399 g/mol. The number of non-ortho nitro benzene ring substituents is 1. The van der Waals surface area contributed by atoms with Crippen molar-refractivity contribution in [3.05, 3.63) is 75.1 Å². The molecule has 2 rings (SSSR count). The lowest BCUT2D eigenvalue weighted by atomic mass is 10.1. The van der Waals surface area contributed by atoms with Crippen LogP contribution in [0.5, 0.6) is 0 Å². The molecule has 0 fully saturated rings. The topological polar surface area (TPSA) is 116 Å². The SMILES string of the molecule is CCN(Cc1cccc(F)c1)C(=O)COC(=O)c1cc(C(=O)OC)cc([N+](=O)[O-])c1. The summed E-state index contributed by atoms with van der Waals surface area (Å²) in [6.07, 6.45) is 0. The Morgan fingerprint density at radius 3 is 2.33 bits per heavy atom. The van der Waals surface area contributed by atoms with Crippen molar-refractivity contribution >= 4 is 23.5 Å². The number of methoxy groups -OCH3 is 1. The standard InChI is InChI=1S/C20H19FN2O7/c1-3-22(11-13-5-4-6-16(21)7-13)18(24)12-30-20(26)15-8-14(19(25)29-2)9-17(10-15)23(27)28/h4-10H,3,11-12H2,1-2H3. The van der Waals surface area contributed by atoms with E-state index in [0.717, 1.165) is 25.3 Å². The number of esters is 2. The minimum Gasteiger partial charge on any atom is -0.465 e. The lowest BCUT2D eigenvalue weighted by Gasteiger charge is -2.21. The first kappa shape index (κ1) is 22.5. The summed E-state index contributed by atoms with van der Waals surface area (Å²) in [5.74, 6) is -2.85. The van der Waals surface area contributed by atoms with Gasteiger partial charge in [0.1, 0.15) is 5.82 Å². The van der Waals surface area contributed by atoms with E-state index in [2.05, 4.69) is 4.74 Å². The lowest BCUT2D eigenvalue weighted by Crippen LogP contribution is -2.34. The minimum atomic E-state index is -1.01. The van der Waals surface area contributed by atoms with Crippen molar-refractivity contribution in [2.75, 3.05) is 20.3 Å². The molecule has 0 aliphatic heterocycles. The van der Waals surface area contributed by atoms with Crippen LogP contribution in [-0.2, 0) is 20.8 Å². The van der Waals surface area contributed by atoms with Crippen molar-refractivity contribution in [1.82, 2.24) is 4.90 Å². The number of nitrogens with zero attached hydrogens (tertiary/aromatic N) is 2. The summed E-state index contributed by atoms with van der Waals surface area (Å²) < 4.78 is 22.8. The molecule has 1 amide bonds. The average molecular weight is 418 g/mol. The number of benzene rings is 2. The molecule has 0 saturated carbocycles. The normalized spacial score (nSPS) is 10.2. The fraction of sp³-hybridized carbons (Fsp3) is 0.250. The van der Waals surface area contributed by atoms with E-state index in [0.29, 0.717) is 5.56 Å². The Kier molecular flexibility index (Phi) is 7.56. The van der Waals surface area contributed by atoms with E-state index in [1.165, 1.54) is 23.1 Å². The fourth-order valence-electron chi connectivity index (χ4n) is 2.60. The Labute approximate surface area is 171 Å². The number of nitro groups is 1. The number of rotatable bonds is 8. The lowest BCUT2D eigenvalue weighted by molar-refractivity contribution is -0.384. The van der Waals surface area contributed by atoms with Gasteiger partial charge in [0.2, 0.25) is 0 Å². The molecule has 30 heavy (non-hydrogen) atoms. The van der Waals surface area contributed by atoms with Crippen LogP contribution >= 0.6 is 0 Å². The number of nitro benzene ring substituents is 1. The maximum Gasteiger partial charge on any atom is 0.338 e. The predicted molar refractivity (Wildman–Crippen MR) is 102 cm³/mol. The third-order valence-corrected chi connectivity index (χ3v) is 4.11. The van der Waals surface area contributed by atoms with Gasteiger partial charge in [0.25, 0.3) is 11.6 Å². The molecule has 0 unspecified atom stereocenters. The first-order chi connectivity index (χ1) is 14.2. The average Bonchev–Trinajstić information content (AvgIpc) is 2.74. The molecule has 0 saturated heterocycles. The number of likely N-dealkylation sites (N-methyl/N-ethyl adjacent to an activating group) is 1. The predicted octanol–water partition coefficient (Wildman–Crippen LogP) is 2.73. The largest absolute Gasteiger partial charge is 0.465 e. The van der Waals surface area contributed by atoms with Gasteiger partial charge in [-0.25, -0.2) is 14.0 Å². The molecule has 0 bridgehead atoms. The summed E-state index contributed by atoms with van der Waals surface area (Å²) in [6.45, 7) is 1.49. The minimum absolute atomic E-state index is 0.119. The van der Waals surface area contributed by atoms with Crippen molar-refractivity contribution in [2.45, 2.75) is 13.5 Å².